The average Bonchev–Trinajstić information content (AvgIpc) is 3.30. The normalized spacial score (nSPS) is 12.7. The zero-order valence-electron chi connectivity index (χ0n) is 42.5. The lowest BCUT2D eigenvalue weighted by Gasteiger charge is -2.18. The molecule has 0 spiro atoms. The minimum atomic E-state index is -0.825. The smallest absolute Gasteiger partial charge is 0.306 e. The van der Waals surface area contributed by atoms with E-state index in [1.54, 1.807) is 0 Å². The Kier molecular flexibility index (Phi) is 50.4. The fraction of sp³-hybridized carbons (Fsp3) is 0.712. The van der Waals surface area contributed by atoms with Crippen LogP contribution in [-0.4, -0.2) is 37.2 Å². The average molecular weight is 905 g/mol. The van der Waals surface area contributed by atoms with Crippen LogP contribution in [0.2, 0.25) is 0 Å². The first kappa shape index (κ1) is 61.6. The molecule has 0 rings (SSSR count). The van der Waals surface area contributed by atoms with Gasteiger partial charge in [-0.3, -0.25) is 14.4 Å². The van der Waals surface area contributed by atoms with Gasteiger partial charge in [-0.2, -0.15) is 0 Å². The summed E-state index contributed by atoms with van der Waals surface area (Å²) < 4.78 is 16.7. The van der Waals surface area contributed by atoms with Gasteiger partial charge in [0.05, 0.1) is 0 Å². The first-order chi connectivity index (χ1) is 32.0. The van der Waals surface area contributed by atoms with Gasteiger partial charge in [0.2, 0.25) is 0 Å². The van der Waals surface area contributed by atoms with E-state index in [0.717, 1.165) is 89.9 Å². The third-order valence-corrected chi connectivity index (χ3v) is 11.4. The number of carbonyl (C=O) groups is 3. The lowest BCUT2D eigenvalue weighted by Crippen LogP contribution is -2.30. The van der Waals surface area contributed by atoms with Crippen LogP contribution in [0.15, 0.2) is 85.1 Å². The summed E-state index contributed by atoms with van der Waals surface area (Å²) in [6, 6.07) is 0. The maximum atomic E-state index is 12.8. The van der Waals surface area contributed by atoms with E-state index in [0.29, 0.717) is 19.3 Å². The van der Waals surface area contributed by atoms with Crippen molar-refractivity contribution in [1.29, 1.82) is 0 Å². The van der Waals surface area contributed by atoms with Crippen LogP contribution in [0.5, 0.6) is 0 Å². The highest BCUT2D eigenvalue weighted by atomic mass is 16.6. The summed E-state index contributed by atoms with van der Waals surface area (Å²) in [5, 5.41) is 0. The molecule has 0 amide bonds. The number of esters is 3. The first-order valence-electron chi connectivity index (χ1n) is 27.1. The number of unbranched alkanes of at least 4 members (excludes halogenated alkanes) is 23. The molecule has 1 atom stereocenters. The lowest BCUT2D eigenvalue weighted by molar-refractivity contribution is -0.166. The molecule has 65 heavy (non-hydrogen) atoms. The predicted molar refractivity (Wildman–Crippen MR) is 279 cm³/mol. The summed E-state index contributed by atoms with van der Waals surface area (Å²) in [6.07, 6.45) is 68.9. The van der Waals surface area contributed by atoms with Crippen LogP contribution >= 0.6 is 0 Å². The van der Waals surface area contributed by atoms with E-state index in [1.807, 2.05) is 12.2 Å². The van der Waals surface area contributed by atoms with E-state index in [-0.39, 0.29) is 31.6 Å². The highest BCUT2D eigenvalue weighted by molar-refractivity contribution is 5.71. The number of allylic oxidation sites excluding steroid dienone is 14. The molecule has 0 aliphatic carbocycles. The summed E-state index contributed by atoms with van der Waals surface area (Å²) in [5.74, 6) is -1.02. The molecule has 0 aromatic carbocycles. The Morgan fingerprint density at radius 3 is 1.00 bits per heavy atom. The first-order valence-corrected chi connectivity index (χ1v) is 27.1. The van der Waals surface area contributed by atoms with Crippen LogP contribution in [0.1, 0.15) is 252 Å². The van der Waals surface area contributed by atoms with E-state index in [9.17, 15) is 14.4 Å². The van der Waals surface area contributed by atoms with Crippen molar-refractivity contribution in [2.24, 2.45) is 0 Å². The number of ether oxygens (including phenoxy) is 3. The van der Waals surface area contributed by atoms with Crippen LogP contribution in [0.25, 0.3) is 0 Å². The summed E-state index contributed by atoms with van der Waals surface area (Å²) >= 11 is 0. The van der Waals surface area contributed by atoms with Gasteiger partial charge in [0.1, 0.15) is 13.2 Å². The lowest BCUT2D eigenvalue weighted by atomic mass is 10.0. The Morgan fingerprint density at radius 1 is 0.323 bits per heavy atom. The maximum Gasteiger partial charge on any atom is 0.306 e. The highest BCUT2D eigenvalue weighted by Crippen LogP contribution is 2.16. The van der Waals surface area contributed by atoms with Gasteiger partial charge in [0.15, 0.2) is 6.10 Å². The summed E-state index contributed by atoms with van der Waals surface area (Å²) in [7, 11) is 0. The molecule has 0 N–H and O–H groups in total. The van der Waals surface area contributed by atoms with Crippen molar-refractivity contribution < 1.29 is 28.6 Å². The second-order valence-electron chi connectivity index (χ2n) is 17.7. The monoisotopic (exact) mass is 905 g/mol. The third kappa shape index (κ3) is 51.4. The standard InChI is InChI=1S/C59H100O6/c1-4-7-10-13-16-19-22-25-26-27-28-29-30-31-32-35-37-40-43-46-49-52-58(61)64-55-56(65-59(62)53-50-47-44-41-38-34-24-21-18-15-12-9-6-3)54-63-57(60)51-48-45-42-39-36-33-23-20-17-14-11-8-5-2/h8-9,11-12,17-18,20-21,33-34,36,38,44,47,56H,4-7,10,13-16,19,22-32,35,37,39-43,45-46,48-55H2,1-3H3/b11-8-,12-9-,20-17-,21-18-,36-33-,38-34-,47-44-. The van der Waals surface area contributed by atoms with Crippen LogP contribution in [-0.2, 0) is 28.6 Å². The Balaban J connectivity index is 4.38. The van der Waals surface area contributed by atoms with E-state index >= 15 is 0 Å². The summed E-state index contributed by atoms with van der Waals surface area (Å²) in [5.41, 5.74) is 0. The summed E-state index contributed by atoms with van der Waals surface area (Å²) in [6.45, 7) is 6.33. The van der Waals surface area contributed by atoms with Crippen LogP contribution in [0.3, 0.4) is 0 Å². The SMILES string of the molecule is CC/C=C\C/C=C\C/C=C\C/C=C\CCC(=O)OC(COC(=O)CCCCC/C=C\C/C=C\C/C=C\CC)COC(=O)CCCCCCCCCCCCCCCCCCCCCCC. The molecule has 0 fully saturated rings. The van der Waals surface area contributed by atoms with Crippen LogP contribution < -0.4 is 0 Å². The van der Waals surface area contributed by atoms with Crippen molar-refractivity contribution in [3.63, 3.8) is 0 Å². The number of hydrogen-bond acceptors (Lipinski definition) is 6. The van der Waals surface area contributed by atoms with Gasteiger partial charge in [0.25, 0.3) is 0 Å². The molecular formula is C59H100O6. The van der Waals surface area contributed by atoms with Gasteiger partial charge in [-0.1, -0.05) is 241 Å². The second-order valence-corrected chi connectivity index (χ2v) is 17.7. The molecule has 0 aliphatic rings. The quantitative estimate of drug-likeness (QED) is 0.0262. The molecule has 0 saturated heterocycles. The Bertz CT molecular complexity index is 1270. The van der Waals surface area contributed by atoms with Gasteiger partial charge < -0.3 is 14.2 Å². The van der Waals surface area contributed by atoms with Crippen LogP contribution in [0, 0.1) is 0 Å². The van der Waals surface area contributed by atoms with Gasteiger partial charge in [-0.05, 0) is 77.0 Å². The molecule has 0 radical (unpaired) electrons. The molecule has 0 saturated carbocycles. The van der Waals surface area contributed by atoms with Crippen molar-refractivity contribution in [3.8, 4) is 0 Å². The molecule has 0 aromatic heterocycles. The van der Waals surface area contributed by atoms with Gasteiger partial charge in [-0.15, -0.1) is 0 Å². The molecule has 0 aliphatic heterocycles. The fourth-order valence-electron chi connectivity index (χ4n) is 7.41. The summed E-state index contributed by atoms with van der Waals surface area (Å²) in [4.78, 5) is 38.0. The second kappa shape index (κ2) is 53.2. The molecule has 6 heteroatoms. The third-order valence-electron chi connectivity index (χ3n) is 11.4. The maximum absolute atomic E-state index is 12.8. The Morgan fingerprint density at radius 2 is 0.631 bits per heavy atom. The molecule has 372 valence electrons. The molecule has 6 nitrogen and oxygen atoms in total. The zero-order valence-corrected chi connectivity index (χ0v) is 42.5. The Labute approximate surface area is 401 Å². The van der Waals surface area contributed by atoms with Gasteiger partial charge >= 0.3 is 17.9 Å². The van der Waals surface area contributed by atoms with Crippen molar-refractivity contribution >= 4 is 17.9 Å². The Hall–Kier alpha value is -3.41. The molecular weight excluding hydrogens is 805 g/mol. The minimum absolute atomic E-state index is 0.113. The predicted octanol–water partition coefficient (Wildman–Crippen LogP) is 18.0. The molecule has 0 heterocycles. The van der Waals surface area contributed by atoms with Crippen molar-refractivity contribution in [1.82, 2.24) is 0 Å². The number of rotatable bonds is 48. The topological polar surface area (TPSA) is 78.9 Å². The van der Waals surface area contributed by atoms with Crippen LogP contribution in [0.4, 0.5) is 0 Å². The van der Waals surface area contributed by atoms with E-state index < -0.39 is 12.1 Å². The number of hydrogen-bond donors (Lipinski definition) is 0. The van der Waals surface area contributed by atoms with Gasteiger partial charge in [0, 0.05) is 19.3 Å². The number of carbonyl (C=O) groups excluding carboxylic acids is 3. The zero-order chi connectivity index (χ0) is 47.2. The fourth-order valence-corrected chi connectivity index (χ4v) is 7.41. The van der Waals surface area contributed by atoms with E-state index in [4.69, 9.17) is 14.2 Å². The van der Waals surface area contributed by atoms with Gasteiger partial charge in [-0.25, -0.2) is 0 Å². The van der Waals surface area contributed by atoms with E-state index in [2.05, 4.69) is 93.7 Å². The highest BCUT2D eigenvalue weighted by Gasteiger charge is 2.19. The molecule has 1 unspecified atom stereocenters. The minimum Gasteiger partial charge on any atom is -0.462 e. The molecule has 0 bridgehead atoms. The van der Waals surface area contributed by atoms with Crippen molar-refractivity contribution in [3.05, 3.63) is 85.1 Å². The van der Waals surface area contributed by atoms with Crippen molar-refractivity contribution in [2.45, 2.75) is 258 Å². The molecule has 0 aromatic rings. The largest absolute Gasteiger partial charge is 0.462 e. The van der Waals surface area contributed by atoms with Crippen molar-refractivity contribution in [2.75, 3.05) is 13.2 Å². The van der Waals surface area contributed by atoms with E-state index in [1.165, 1.54) is 116 Å².